The number of nitrogens with one attached hydrogen (secondary N) is 1. The van der Waals surface area contributed by atoms with Gasteiger partial charge in [0.2, 0.25) is 12.7 Å². The topological polar surface area (TPSA) is 71.4 Å². The fraction of sp³-hybridized carbons (Fsp3) is 0.100. The first-order valence-corrected chi connectivity index (χ1v) is 7.76. The van der Waals surface area contributed by atoms with Crippen LogP contribution < -0.4 is 14.8 Å². The molecule has 2 aromatic carbocycles. The molecule has 124 valence electrons. The van der Waals surface area contributed by atoms with E-state index in [0.717, 1.165) is 22.6 Å². The van der Waals surface area contributed by atoms with Crippen LogP contribution in [0.2, 0.25) is 0 Å². The number of rotatable bonds is 5. The Morgan fingerprint density at radius 1 is 1.16 bits per heavy atom. The first kappa shape index (κ1) is 16.3. The smallest absolute Gasteiger partial charge is 0.248 e. The van der Waals surface area contributed by atoms with Crippen LogP contribution >= 0.6 is 0 Å². The predicted octanol–water partition coefficient (Wildman–Crippen LogP) is 3.69. The third kappa shape index (κ3) is 4.27. The largest absolute Gasteiger partial charge is 0.454 e. The molecule has 0 unspecified atom stereocenters. The molecule has 0 bridgehead atoms. The van der Waals surface area contributed by atoms with Gasteiger partial charge in [-0.25, -0.2) is 0 Å². The third-order valence-electron chi connectivity index (χ3n) is 3.59. The number of hydrogen-bond acceptors (Lipinski definition) is 4. The number of carbonyl (C=O) groups is 1. The molecule has 1 amide bonds. The van der Waals surface area contributed by atoms with E-state index >= 15 is 0 Å². The Balaban J connectivity index is 1.59. The van der Waals surface area contributed by atoms with Crippen LogP contribution in [-0.2, 0) is 11.2 Å². The van der Waals surface area contributed by atoms with E-state index in [1.165, 1.54) is 6.08 Å². The van der Waals surface area contributed by atoms with Crippen molar-refractivity contribution in [3.8, 4) is 17.6 Å². The Morgan fingerprint density at radius 2 is 2.00 bits per heavy atom. The van der Waals surface area contributed by atoms with Crippen LogP contribution in [0.3, 0.4) is 0 Å². The Morgan fingerprint density at radius 3 is 2.88 bits per heavy atom. The summed E-state index contributed by atoms with van der Waals surface area (Å²) in [6.07, 6.45) is 7.00. The summed E-state index contributed by atoms with van der Waals surface area (Å²) in [4.78, 5) is 12.0. The van der Waals surface area contributed by atoms with Crippen LogP contribution in [0.15, 0.2) is 60.7 Å². The van der Waals surface area contributed by atoms with Crippen molar-refractivity contribution in [1.29, 1.82) is 5.26 Å². The first-order valence-electron chi connectivity index (χ1n) is 7.76. The summed E-state index contributed by atoms with van der Waals surface area (Å²) in [6.45, 7) is 0.246. The lowest BCUT2D eigenvalue weighted by Gasteiger charge is -2.06. The number of nitriles is 1. The Kier molecular flexibility index (Phi) is 5.13. The van der Waals surface area contributed by atoms with Crippen LogP contribution in [0, 0.1) is 11.3 Å². The van der Waals surface area contributed by atoms with E-state index in [4.69, 9.17) is 14.7 Å². The minimum Gasteiger partial charge on any atom is -0.454 e. The number of amides is 1. The molecular formula is C20H16N2O3. The van der Waals surface area contributed by atoms with E-state index in [1.54, 1.807) is 18.2 Å². The van der Waals surface area contributed by atoms with Crippen molar-refractivity contribution in [3.05, 3.63) is 71.8 Å². The molecule has 1 heterocycles. The average molecular weight is 332 g/mol. The lowest BCUT2D eigenvalue weighted by atomic mass is 10.1. The Bertz CT molecular complexity index is 879. The van der Waals surface area contributed by atoms with Gasteiger partial charge in [-0.05, 0) is 29.3 Å². The highest BCUT2D eigenvalue weighted by Gasteiger charge is 2.11. The summed E-state index contributed by atoms with van der Waals surface area (Å²) in [5.41, 5.74) is 2.40. The number of benzene rings is 2. The second-order valence-electron chi connectivity index (χ2n) is 5.31. The van der Waals surface area contributed by atoms with Gasteiger partial charge >= 0.3 is 0 Å². The van der Waals surface area contributed by atoms with Gasteiger partial charge in [0, 0.05) is 11.8 Å². The molecule has 5 heteroatoms. The van der Waals surface area contributed by atoms with Crippen molar-refractivity contribution in [2.24, 2.45) is 0 Å². The molecule has 0 saturated carbocycles. The number of anilines is 1. The minimum atomic E-state index is -0.249. The highest BCUT2D eigenvalue weighted by atomic mass is 16.7. The van der Waals surface area contributed by atoms with Gasteiger partial charge in [0.05, 0.1) is 12.5 Å². The van der Waals surface area contributed by atoms with Crippen molar-refractivity contribution in [2.75, 3.05) is 12.1 Å². The Labute approximate surface area is 145 Å². The average Bonchev–Trinajstić information content (AvgIpc) is 3.08. The van der Waals surface area contributed by atoms with E-state index in [1.807, 2.05) is 42.5 Å². The highest BCUT2D eigenvalue weighted by molar-refractivity contribution is 6.00. The van der Waals surface area contributed by atoms with Crippen molar-refractivity contribution in [2.45, 2.75) is 6.42 Å². The van der Waals surface area contributed by atoms with Crippen LogP contribution in [-0.4, -0.2) is 12.7 Å². The van der Waals surface area contributed by atoms with E-state index in [2.05, 4.69) is 11.4 Å². The molecule has 0 aromatic heterocycles. The predicted molar refractivity (Wildman–Crippen MR) is 95.1 cm³/mol. The van der Waals surface area contributed by atoms with Gasteiger partial charge in [-0.2, -0.15) is 5.26 Å². The number of fused-ring (bicyclic) bond motifs is 1. The van der Waals surface area contributed by atoms with Gasteiger partial charge in [-0.3, -0.25) is 4.79 Å². The maximum Gasteiger partial charge on any atom is 0.248 e. The van der Waals surface area contributed by atoms with Gasteiger partial charge in [0.1, 0.15) is 0 Å². The van der Waals surface area contributed by atoms with Crippen LogP contribution in [0.25, 0.3) is 6.08 Å². The summed E-state index contributed by atoms with van der Waals surface area (Å²) < 4.78 is 10.6. The lowest BCUT2D eigenvalue weighted by Crippen LogP contribution is -2.09. The van der Waals surface area contributed by atoms with E-state index in [0.29, 0.717) is 5.69 Å². The summed E-state index contributed by atoms with van der Waals surface area (Å²) in [5.74, 6) is 1.21. The molecule has 0 aliphatic carbocycles. The molecule has 1 aliphatic heterocycles. The van der Waals surface area contributed by atoms with Crippen molar-refractivity contribution in [1.82, 2.24) is 0 Å². The molecule has 3 rings (SSSR count). The zero-order chi connectivity index (χ0) is 17.5. The maximum absolute atomic E-state index is 12.0. The number of ether oxygens (including phenoxy) is 2. The first-order chi connectivity index (χ1) is 12.3. The Hall–Kier alpha value is -3.52. The van der Waals surface area contributed by atoms with Gasteiger partial charge in [-0.15, -0.1) is 0 Å². The standard InChI is InChI=1S/C20H16N2O3/c21-12-11-16-6-2-3-7-17(16)22-20(23)8-4-1-5-15-9-10-18-19(13-15)25-14-24-18/h1-10,13H,11,14H2,(H,22,23)/b5-1+,8-4+. The molecule has 0 atom stereocenters. The van der Waals surface area contributed by atoms with E-state index in [9.17, 15) is 4.79 Å². The quantitative estimate of drug-likeness (QED) is 0.669. The van der Waals surface area contributed by atoms with Gasteiger partial charge in [0.25, 0.3) is 0 Å². The highest BCUT2D eigenvalue weighted by Crippen LogP contribution is 2.32. The molecule has 2 aromatic rings. The summed E-state index contributed by atoms with van der Waals surface area (Å²) >= 11 is 0. The molecule has 0 radical (unpaired) electrons. The van der Waals surface area contributed by atoms with E-state index < -0.39 is 0 Å². The summed E-state index contributed by atoms with van der Waals surface area (Å²) in [5, 5.41) is 11.6. The number of nitrogens with zero attached hydrogens (tertiary/aromatic N) is 1. The maximum atomic E-state index is 12.0. The van der Waals surface area contributed by atoms with Crippen molar-refractivity contribution in [3.63, 3.8) is 0 Å². The van der Waals surface area contributed by atoms with Crippen molar-refractivity contribution < 1.29 is 14.3 Å². The van der Waals surface area contributed by atoms with Crippen LogP contribution in [0.1, 0.15) is 11.1 Å². The number of carbonyl (C=O) groups excluding carboxylic acids is 1. The molecule has 0 fully saturated rings. The molecular weight excluding hydrogens is 316 g/mol. The molecule has 5 nitrogen and oxygen atoms in total. The second kappa shape index (κ2) is 7.84. The minimum absolute atomic E-state index is 0.246. The zero-order valence-corrected chi connectivity index (χ0v) is 13.4. The zero-order valence-electron chi connectivity index (χ0n) is 13.4. The fourth-order valence-electron chi connectivity index (χ4n) is 2.38. The molecule has 1 aliphatic rings. The van der Waals surface area contributed by atoms with E-state index in [-0.39, 0.29) is 19.1 Å². The van der Waals surface area contributed by atoms with Crippen molar-refractivity contribution >= 4 is 17.7 Å². The molecule has 0 spiro atoms. The van der Waals surface area contributed by atoms with Crippen LogP contribution in [0.4, 0.5) is 5.69 Å². The van der Waals surface area contributed by atoms with Gasteiger partial charge in [0.15, 0.2) is 11.5 Å². The molecule has 25 heavy (non-hydrogen) atoms. The van der Waals surface area contributed by atoms with Gasteiger partial charge in [-0.1, -0.05) is 42.5 Å². The fourth-order valence-corrected chi connectivity index (χ4v) is 2.38. The van der Waals surface area contributed by atoms with Gasteiger partial charge < -0.3 is 14.8 Å². The molecule has 1 N–H and O–H groups in total. The van der Waals surface area contributed by atoms with Crippen LogP contribution in [0.5, 0.6) is 11.5 Å². The number of allylic oxidation sites excluding steroid dienone is 2. The summed E-state index contributed by atoms with van der Waals surface area (Å²) in [6, 6.07) is 15.0. The summed E-state index contributed by atoms with van der Waals surface area (Å²) in [7, 11) is 0. The third-order valence-corrected chi connectivity index (χ3v) is 3.59. The molecule has 0 saturated heterocycles. The number of hydrogen-bond donors (Lipinski definition) is 1. The number of para-hydroxylation sites is 1. The normalized spacial score (nSPS) is 12.4. The lowest BCUT2D eigenvalue weighted by molar-refractivity contribution is -0.111. The SMILES string of the molecule is N#CCc1ccccc1NC(=O)/C=C/C=C/c1ccc2c(c1)OCO2. The monoisotopic (exact) mass is 332 g/mol. The second-order valence-corrected chi connectivity index (χ2v) is 5.31.